The third kappa shape index (κ3) is 3.94. The zero-order valence-corrected chi connectivity index (χ0v) is 22.0. The molecule has 2 aliphatic carbocycles. The average molecular weight is 497 g/mol. The molecule has 1 saturated carbocycles. The zero-order valence-electron chi connectivity index (χ0n) is 22.0. The van der Waals surface area contributed by atoms with Gasteiger partial charge in [0.05, 0.1) is 12.2 Å². The summed E-state index contributed by atoms with van der Waals surface area (Å²) in [4.78, 5) is 17.0. The van der Waals surface area contributed by atoms with E-state index in [2.05, 4.69) is 58.7 Å². The molecule has 4 heteroatoms. The average Bonchev–Trinajstić information content (AvgIpc) is 3.62. The van der Waals surface area contributed by atoms with Crippen molar-refractivity contribution < 1.29 is 9.21 Å². The van der Waals surface area contributed by atoms with Gasteiger partial charge in [0.2, 0.25) is 5.91 Å². The van der Waals surface area contributed by atoms with Crippen molar-refractivity contribution in [2.24, 2.45) is 11.8 Å². The highest BCUT2D eigenvalue weighted by Gasteiger charge is 2.52. The number of fused-ring (bicyclic) bond motifs is 4. The summed E-state index contributed by atoms with van der Waals surface area (Å²) in [6, 6.07) is 18.0. The number of amides is 1. The van der Waals surface area contributed by atoms with Gasteiger partial charge in [0.25, 0.3) is 0 Å². The van der Waals surface area contributed by atoms with Gasteiger partial charge in [0.1, 0.15) is 5.58 Å². The second-order valence-electron chi connectivity index (χ2n) is 12.3. The minimum atomic E-state index is -0.112. The van der Waals surface area contributed by atoms with Crippen LogP contribution >= 0.6 is 0 Å². The molecular formula is C33H40N2O2. The summed E-state index contributed by atoms with van der Waals surface area (Å²) in [5.74, 6) is 1.64. The zero-order chi connectivity index (χ0) is 24.8. The second-order valence-corrected chi connectivity index (χ2v) is 12.3. The number of furan rings is 1. The van der Waals surface area contributed by atoms with Gasteiger partial charge >= 0.3 is 0 Å². The first-order valence-electron chi connectivity index (χ1n) is 14.8. The van der Waals surface area contributed by atoms with Crippen molar-refractivity contribution in [3.8, 4) is 0 Å². The molecule has 3 aromatic rings. The van der Waals surface area contributed by atoms with Crippen LogP contribution in [0, 0.1) is 11.8 Å². The van der Waals surface area contributed by atoms with Crippen LogP contribution in [0.3, 0.4) is 0 Å². The number of carbonyl (C=O) groups excluding carboxylic acids is 1. The second kappa shape index (κ2) is 9.62. The Balaban J connectivity index is 1.22. The number of nitrogens with one attached hydrogen (secondary N) is 1. The lowest BCUT2D eigenvalue weighted by Gasteiger charge is -2.48. The van der Waals surface area contributed by atoms with E-state index in [1.54, 1.807) is 0 Å². The Hall–Kier alpha value is -2.59. The lowest BCUT2D eigenvalue weighted by molar-refractivity contribution is -0.143. The van der Waals surface area contributed by atoms with Crippen molar-refractivity contribution in [3.63, 3.8) is 0 Å². The third-order valence-corrected chi connectivity index (χ3v) is 10.5. The highest BCUT2D eigenvalue weighted by atomic mass is 16.3. The van der Waals surface area contributed by atoms with E-state index in [1.165, 1.54) is 54.2 Å². The molecule has 4 nitrogen and oxygen atoms in total. The summed E-state index contributed by atoms with van der Waals surface area (Å²) in [5.41, 5.74) is 5.11. The number of aryl methyl sites for hydroxylation is 1. The van der Waals surface area contributed by atoms with Crippen LogP contribution in [-0.2, 0) is 16.6 Å². The first-order chi connectivity index (χ1) is 18.2. The summed E-state index contributed by atoms with van der Waals surface area (Å²) >= 11 is 0. The van der Waals surface area contributed by atoms with Crippen molar-refractivity contribution in [3.05, 3.63) is 71.5 Å². The molecule has 7 rings (SSSR count). The molecule has 1 amide bonds. The molecule has 0 radical (unpaired) electrons. The van der Waals surface area contributed by atoms with E-state index in [9.17, 15) is 4.79 Å². The topological polar surface area (TPSA) is 45.5 Å². The fraction of sp³-hybridized carbons (Fsp3) is 0.545. The maximum absolute atomic E-state index is 14.7. The Morgan fingerprint density at radius 3 is 2.70 bits per heavy atom. The molecule has 4 aliphatic rings. The van der Waals surface area contributed by atoms with Crippen LogP contribution in [0.2, 0.25) is 0 Å². The Labute approximate surface area is 220 Å². The molecule has 1 N–H and O–H groups in total. The van der Waals surface area contributed by atoms with E-state index in [1.807, 2.05) is 6.26 Å². The largest absolute Gasteiger partial charge is 0.464 e. The van der Waals surface area contributed by atoms with Crippen molar-refractivity contribution in [2.75, 3.05) is 19.6 Å². The van der Waals surface area contributed by atoms with E-state index in [-0.39, 0.29) is 11.3 Å². The third-order valence-electron chi connectivity index (χ3n) is 10.5. The summed E-state index contributed by atoms with van der Waals surface area (Å²) in [7, 11) is 0. The molecule has 0 bridgehead atoms. The van der Waals surface area contributed by atoms with E-state index < -0.39 is 0 Å². The van der Waals surface area contributed by atoms with Crippen molar-refractivity contribution in [1.29, 1.82) is 0 Å². The summed E-state index contributed by atoms with van der Waals surface area (Å²) < 4.78 is 5.97. The van der Waals surface area contributed by atoms with Crippen LogP contribution in [0.15, 0.2) is 59.2 Å². The molecule has 3 heterocycles. The minimum absolute atomic E-state index is 0.0123. The molecule has 1 aromatic heterocycles. The summed E-state index contributed by atoms with van der Waals surface area (Å²) in [6.45, 7) is 2.60. The van der Waals surface area contributed by atoms with Gasteiger partial charge in [0, 0.05) is 36.5 Å². The molecule has 2 saturated heterocycles. The molecule has 1 spiro atoms. The SMILES string of the molecule is O=C(C1CNCC12CCCc1c2ccc2ccoc12)N1CCC(c2ccccc2)CC1C1CCCCC1. The number of hydrogen-bond donors (Lipinski definition) is 1. The molecule has 194 valence electrons. The van der Waals surface area contributed by atoms with E-state index in [4.69, 9.17) is 4.42 Å². The fourth-order valence-corrected chi connectivity index (χ4v) is 8.61. The number of nitrogens with zero attached hydrogens (tertiary/aromatic N) is 1. The summed E-state index contributed by atoms with van der Waals surface area (Å²) in [6.07, 6.45) is 13.8. The van der Waals surface area contributed by atoms with Gasteiger partial charge in [-0.3, -0.25) is 4.79 Å². The predicted molar refractivity (Wildman–Crippen MR) is 148 cm³/mol. The number of hydrogen-bond acceptors (Lipinski definition) is 3. The Bertz CT molecular complexity index is 1260. The fourth-order valence-electron chi connectivity index (χ4n) is 8.61. The Morgan fingerprint density at radius 2 is 1.84 bits per heavy atom. The van der Waals surface area contributed by atoms with Crippen molar-refractivity contribution in [1.82, 2.24) is 10.2 Å². The van der Waals surface area contributed by atoms with Gasteiger partial charge in [-0.2, -0.15) is 0 Å². The maximum atomic E-state index is 14.7. The van der Waals surface area contributed by atoms with E-state index in [0.29, 0.717) is 23.8 Å². The van der Waals surface area contributed by atoms with Crippen molar-refractivity contribution in [2.45, 2.75) is 81.6 Å². The molecular weight excluding hydrogens is 456 g/mol. The van der Waals surface area contributed by atoms with Gasteiger partial charge in [-0.1, -0.05) is 61.7 Å². The maximum Gasteiger partial charge on any atom is 0.228 e. The van der Waals surface area contributed by atoms with E-state index in [0.717, 1.165) is 57.3 Å². The standard InChI is InChI=1S/C33H40N2O2/c36-32(29-21-34-22-33(29)17-7-12-27-28(33)14-13-25-16-19-37-31(25)27)35-18-15-26(23-8-3-1-4-9-23)20-30(35)24-10-5-2-6-11-24/h1,3-4,8-9,13-14,16,19,24,26,29-30,34H,2,5-7,10-12,15,17-18,20-22H2. The molecule has 3 fully saturated rings. The monoisotopic (exact) mass is 496 g/mol. The van der Waals surface area contributed by atoms with Crippen LogP contribution in [0.4, 0.5) is 0 Å². The van der Waals surface area contributed by atoms with Gasteiger partial charge in [-0.25, -0.2) is 0 Å². The van der Waals surface area contributed by atoms with Crippen LogP contribution < -0.4 is 5.32 Å². The van der Waals surface area contributed by atoms with Gasteiger partial charge in [-0.15, -0.1) is 0 Å². The molecule has 37 heavy (non-hydrogen) atoms. The molecule has 4 unspecified atom stereocenters. The normalized spacial score (nSPS) is 30.6. The predicted octanol–water partition coefficient (Wildman–Crippen LogP) is 6.58. The Kier molecular flexibility index (Phi) is 6.11. The number of benzene rings is 2. The minimum Gasteiger partial charge on any atom is -0.464 e. The molecule has 2 aliphatic heterocycles. The lowest BCUT2D eigenvalue weighted by atomic mass is 9.63. The smallest absolute Gasteiger partial charge is 0.228 e. The van der Waals surface area contributed by atoms with Crippen LogP contribution in [0.5, 0.6) is 0 Å². The highest BCUT2D eigenvalue weighted by Crippen LogP contribution is 2.49. The number of likely N-dealkylation sites (tertiary alicyclic amines) is 1. The van der Waals surface area contributed by atoms with Crippen LogP contribution in [0.1, 0.15) is 80.4 Å². The lowest BCUT2D eigenvalue weighted by Crippen LogP contribution is -2.55. The summed E-state index contributed by atoms with van der Waals surface area (Å²) in [5, 5.41) is 4.87. The van der Waals surface area contributed by atoms with Crippen LogP contribution in [-0.4, -0.2) is 36.5 Å². The van der Waals surface area contributed by atoms with Crippen molar-refractivity contribution >= 4 is 16.9 Å². The number of rotatable bonds is 3. The van der Waals surface area contributed by atoms with E-state index >= 15 is 0 Å². The van der Waals surface area contributed by atoms with Gasteiger partial charge in [0.15, 0.2) is 0 Å². The highest BCUT2D eigenvalue weighted by molar-refractivity contribution is 5.85. The number of carbonyl (C=O) groups is 1. The Morgan fingerprint density at radius 1 is 0.973 bits per heavy atom. The molecule has 4 atom stereocenters. The van der Waals surface area contributed by atoms with Gasteiger partial charge in [-0.05, 0) is 79.5 Å². The molecule has 2 aromatic carbocycles. The van der Waals surface area contributed by atoms with Gasteiger partial charge < -0.3 is 14.6 Å². The first-order valence-corrected chi connectivity index (χ1v) is 14.8. The number of piperidine rings is 1. The quantitative estimate of drug-likeness (QED) is 0.445. The van der Waals surface area contributed by atoms with Crippen LogP contribution in [0.25, 0.3) is 11.0 Å². The first kappa shape index (κ1) is 23.5.